The molecule has 0 aliphatic heterocycles. The van der Waals surface area contributed by atoms with Crippen LogP contribution in [0.4, 0.5) is 5.69 Å². The first-order chi connectivity index (χ1) is 8.52. The fourth-order valence-electron chi connectivity index (χ4n) is 2.67. The largest absolute Gasteiger partial charge is 0.325 e. The molecule has 3 N–H and O–H groups in total. The number of aryl methyl sites for hydroxylation is 2. The third kappa shape index (κ3) is 2.90. The Kier molecular flexibility index (Phi) is 3.71. The van der Waals surface area contributed by atoms with Gasteiger partial charge >= 0.3 is 0 Å². The number of carbonyl (C=O) groups excluding carboxylic acids is 1. The lowest BCUT2D eigenvalue weighted by Gasteiger charge is -2.22. The highest BCUT2D eigenvalue weighted by Crippen LogP contribution is 2.30. The lowest BCUT2D eigenvalue weighted by atomic mass is 9.94. The molecule has 18 heavy (non-hydrogen) atoms. The third-order valence-electron chi connectivity index (χ3n) is 3.63. The highest BCUT2D eigenvalue weighted by molar-refractivity contribution is 5.91. The van der Waals surface area contributed by atoms with Crippen molar-refractivity contribution in [2.75, 3.05) is 5.32 Å². The van der Waals surface area contributed by atoms with Crippen molar-refractivity contribution in [2.24, 2.45) is 12.8 Å². The second-order valence-electron chi connectivity index (χ2n) is 5.31. The summed E-state index contributed by atoms with van der Waals surface area (Å²) in [6, 6.07) is 0. The van der Waals surface area contributed by atoms with Gasteiger partial charge in [0.1, 0.15) is 0 Å². The zero-order valence-electron chi connectivity index (χ0n) is 11.2. The van der Waals surface area contributed by atoms with Crippen molar-refractivity contribution in [1.82, 2.24) is 9.78 Å². The Hall–Kier alpha value is -1.36. The molecule has 1 aliphatic carbocycles. The molecule has 0 atom stereocenters. The second kappa shape index (κ2) is 5.10. The number of amides is 1. The Morgan fingerprint density at radius 3 is 2.83 bits per heavy atom. The van der Waals surface area contributed by atoms with Crippen LogP contribution in [0.1, 0.15) is 44.7 Å². The Morgan fingerprint density at radius 2 is 2.22 bits per heavy atom. The summed E-state index contributed by atoms with van der Waals surface area (Å²) in [5.74, 6) is 0.00194. The van der Waals surface area contributed by atoms with Crippen LogP contribution in [0.15, 0.2) is 6.20 Å². The molecule has 0 unspecified atom stereocenters. The SMILES string of the molecule is CCc1nn(C)cc1NC(=O)CC1(N)CCCC1. The van der Waals surface area contributed by atoms with Gasteiger partial charge in [-0.25, -0.2) is 0 Å². The first kappa shape index (κ1) is 13.1. The number of nitrogens with two attached hydrogens (primary N) is 1. The molecule has 1 heterocycles. The van der Waals surface area contributed by atoms with Crippen LogP contribution in [0.3, 0.4) is 0 Å². The number of anilines is 1. The van der Waals surface area contributed by atoms with Gasteiger partial charge in [0.15, 0.2) is 0 Å². The van der Waals surface area contributed by atoms with Crippen LogP contribution >= 0.6 is 0 Å². The van der Waals surface area contributed by atoms with Gasteiger partial charge in [0.25, 0.3) is 0 Å². The molecular weight excluding hydrogens is 228 g/mol. The third-order valence-corrected chi connectivity index (χ3v) is 3.63. The van der Waals surface area contributed by atoms with Crippen LogP contribution in [0.5, 0.6) is 0 Å². The summed E-state index contributed by atoms with van der Waals surface area (Å²) in [6.45, 7) is 2.03. The van der Waals surface area contributed by atoms with Crippen LogP contribution in [-0.2, 0) is 18.3 Å². The summed E-state index contributed by atoms with van der Waals surface area (Å²) in [7, 11) is 1.86. The molecule has 0 bridgehead atoms. The topological polar surface area (TPSA) is 72.9 Å². The maximum absolute atomic E-state index is 12.0. The van der Waals surface area contributed by atoms with Crippen LogP contribution < -0.4 is 11.1 Å². The minimum Gasteiger partial charge on any atom is -0.325 e. The lowest BCUT2D eigenvalue weighted by Crippen LogP contribution is -2.40. The van der Waals surface area contributed by atoms with Crippen molar-refractivity contribution >= 4 is 11.6 Å². The molecule has 0 saturated heterocycles. The molecule has 5 nitrogen and oxygen atoms in total. The summed E-state index contributed by atoms with van der Waals surface area (Å²) in [5, 5.41) is 7.23. The minimum atomic E-state index is -0.293. The fourth-order valence-corrected chi connectivity index (χ4v) is 2.67. The number of nitrogens with zero attached hydrogens (tertiary/aromatic N) is 2. The van der Waals surface area contributed by atoms with Crippen molar-refractivity contribution < 1.29 is 4.79 Å². The predicted molar refractivity (Wildman–Crippen MR) is 71.2 cm³/mol. The number of carbonyl (C=O) groups is 1. The number of aromatic nitrogens is 2. The Labute approximate surface area is 108 Å². The quantitative estimate of drug-likeness (QED) is 0.852. The minimum absolute atomic E-state index is 0.00194. The molecule has 1 saturated carbocycles. The van der Waals surface area contributed by atoms with Gasteiger partial charge < -0.3 is 11.1 Å². The molecule has 1 aromatic heterocycles. The number of rotatable bonds is 4. The zero-order valence-corrected chi connectivity index (χ0v) is 11.2. The standard InChI is InChI=1S/C13H22N4O/c1-3-10-11(9-17(2)16-10)15-12(18)8-13(14)6-4-5-7-13/h9H,3-8,14H2,1-2H3,(H,15,18). The first-order valence-corrected chi connectivity index (χ1v) is 6.64. The maximum atomic E-state index is 12.0. The van der Waals surface area contributed by atoms with E-state index in [0.717, 1.165) is 43.5 Å². The van der Waals surface area contributed by atoms with Gasteiger partial charge in [-0.3, -0.25) is 9.48 Å². The summed E-state index contributed by atoms with van der Waals surface area (Å²) < 4.78 is 1.72. The van der Waals surface area contributed by atoms with Crippen LogP contribution in [0, 0.1) is 0 Å². The molecule has 0 spiro atoms. The normalized spacial score (nSPS) is 17.9. The van der Waals surface area contributed by atoms with E-state index >= 15 is 0 Å². The summed E-state index contributed by atoms with van der Waals surface area (Å²) in [5.41, 5.74) is 7.65. The molecule has 1 aromatic rings. The Bertz CT molecular complexity index is 432. The van der Waals surface area contributed by atoms with Crippen LogP contribution in [0.25, 0.3) is 0 Å². The van der Waals surface area contributed by atoms with Crippen LogP contribution in [0.2, 0.25) is 0 Å². The van der Waals surface area contributed by atoms with E-state index in [4.69, 9.17) is 5.73 Å². The average molecular weight is 250 g/mol. The van der Waals surface area contributed by atoms with Crippen LogP contribution in [-0.4, -0.2) is 21.2 Å². The lowest BCUT2D eigenvalue weighted by molar-refractivity contribution is -0.117. The molecule has 100 valence electrons. The van der Waals surface area contributed by atoms with Gasteiger partial charge in [0, 0.05) is 25.2 Å². The van der Waals surface area contributed by atoms with Gasteiger partial charge in [-0.15, -0.1) is 0 Å². The summed E-state index contributed by atoms with van der Waals surface area (Å²) >= 11 is 0. The highest BCUT2D eigenvalue weighted by Gasteiger charge is 2.31. The predicted octanol–water partition coefficient (Wildman–Crippen LogP) is 1.58. The van der Waals surface area contributed by atoms with E-state index in [0.29, 0.717) is 6.42 Å². The summed E-state index contributed by atoms with van der Waals surface area (Å²) in [4.78, 5) is 12.0. The van der Waals surface area contributed by atoms with Gasteiger partial charge in [-0.05, 0) is 19.3 Å². The first-order valence-electron chi connectivity index (χ1n) is 6.64. The zero-order chi connectivity index (χ0) is 13.2. The smallest absolute Gasteiger partial charge is 0.226 e. The Morgan fingerprint density at radius 1 is 1.56 bits per heavy atom. The molecule has 5 heteroatoms. The number of nitrogens with one attached hydrogen (secondary N) is 1. The highest BCUT2D eigenvalue weighted by atomic mass is 16.1. The van der Waals surface area contributed by atoms with Crippen molar-refractivity contribution in [1.29, 1.82) is 0 Å². The molecule has 2 rings (SSSR count). The number of hydrogen-bond acceptors (Lipinski definition) is 3. The van der Waals surface area contributed by atoms with E-state index in [2.05, 4.69) is 10.4 Å². The van der Waals surface area contributed by atoms with Crippen molar-refractivity contribution in [3.8, 4) is 0 Å². The molecule has 1 amide bonds. The Balaban J connectivity index is 1.98. The average Bonchev–Trinajstić information content (AvgIpc) is 2.85. The molecular formula is C13H22N4O. The van der Waals surface area contributed by atoms with Crippen molar-refractivity contribution in [3.05, 3.63) is 11.9 Å². The van der Waals surface area contributed by atoms with Crippen molar-refractivity contribution in [3.63, 3.8) is 0 Å². The van der Waals surface area contributed by atoms with E-state index in [1.54, 1.807) is 4.68 Å². The monoisotopic (exact) mass is 250 g/mol. The molecule has 0 aromatic carbocycles. The van der Waals surface area contributed by atoms with E-state index < -0.39 is 0 Å². The van der Waals surface area contributed by atoms with Crippen molar-refractivity contribution in [2.45, 2.75) is 51.0 Å². The van der Waals surface area contributed by atoms with Gasteiger partial charge in [0.05, 0.1) is 11.4 Å². The van der Waals surface area contributed by atoms with E-state index in [9.17, 15) is 4.79 Å². The second-order valence-corrected chi connectivity index (χ2v) is 5.31. The van der Waals surface area contributed by atoms with E-state index in [1.165, 1.54) is 0 Å². The van der Waals surface area contributed by atoms with Gasteiger partial charge in [-0.1, -0.05) is 19.8 Å². The maximum Gasteiger partial charge on any atom is 0.226 e. The molecule has 0 radical (unpaired) electrons. The summed E-state index contributed by atoms with van der Waals surface area (Å²) in [6.07, 6.45) is 7.24. The van der Waals surface area contributed by atoms with E-state index in [-0.39, 0.29) is 11.4 Å². The van der Waals surface area contributed by atoms with Gasteiger partial charge in [0.2, 0.25) is 5.91 Å². The fraction of sp³-hybridized carbons (Fsp3) is 0.692. The number of hydrogen-bond donors (Lipinski definition) is 2. The molecule has 1 aliphatic rings. The van der Waals surface area contributed by atoms with E-state index in [1.807, 2.05) is 20.2 Å². The molecule has 1 fully saturated rings. The van der Waals surface area contributed by atoms with Gasteiger partial charge in [-0.2, -0.15) is 5.10 Å².